The Morgan fingerprint density at radius 3 is 2.45 bits per heavy atom. The lowest BCUT2D eigenvalue weighted by atomic mass is 10.2. The molecule has 1 aromatic rings. The smallest absolute Gasteiger partial charge is 0.236 e. The number of nitrogens with zero attached hydrogens (tertiary/aromatic N) is 4. The molecule has 1 N–H and O–H groups in total. The van der Waals surface area contributed by atoms with E-state index in [0.29, 0.717) is 13.2 Å². The van der Waals surface area contributed by atoms with Crippen LogP contribution in [0.25, 0.3) is 0 Å². The number of carbonyl (C=O) groups excluding carboxylic acids is 1. The molecule has 2 saturated heterocycles. The zero-order valence-corrected chi connectivity index (χ0v) is 21.3. The van der Waals surface area contributed by atoms with Gasteiger partial charge in [0, 0.05) is 58.8 Å². The summed E-state index contributed by atoms with van der Waals surface area (Å²) in [6, 6.07) is 8.10. The number of nitrogens with one attached hydrogen (secondary N) is 1. The molecule has 0 bridgehead atoms. The molecule has 174 valence electrons. The molecule has 2 fully saturated rings. The first kappa shape index (κ1) is 25.7. The Kier molecular flexibility index (Phi) is 11.4. The van der Waals surface area contributed by atoms with E-state index in [2.05, 4.69) is 35.0 Å². The van der Waals surface area contributed by atoms with Crippen molar-refractivity contribution < 1.29 is 9.53 Å². The molecule has 0 saturated carbocycles. The number of hydrogen-bond acceptors (Lipinski definition) is 4. The van der Waals surface area contributed by atoms with Gasteiger partial charge in [0.05, 0.1) is 13.2 Å². The Bertz CT molecular complexity index is 701. The Morgan fingerprint density at radius 2 is 1.77 bits per heavy atom. The monoisotopic (exact) mass is 543 g/mol. The highest BCUT2D eigenvalue weighted by molar-refractivity contribution is 14.0. The fraction of sp³-hybridized carbons (Fsp3) is 0.652. The van der Waals surface area contributed by atoms with Crippen molar-refractivity contribution in [3.8, 4) is 5.75 Å². The number of carbonyl (C=O) groups is 1. The van der Waals surface area contributed by atoms with Gasteiger partial charge in [-0.3, -0.25) is 14.7 Å². The average molecular weight is 543 g/mol. The van der Waals surface area contributed by atoms with Crippen LogP contribution in [-0.4, -0.2) is 92.1 Å². The van der Waals surface area contributed by atoms with Crippen LogP contribution in [0.4, 0.5) is 0 Å². The normalized spacial score (nSPS) is 17.4. The molecular weight excluding hydrogens is 505 g/mol. The van der Waals surface area contributed by atoms with Crippen molar-refractivity contribution in [2.24, 2.45) is 4.99 Å². The second kappa shape index (κ2) is 13.8. The second-order valence-electron chi connectivity index (χ2n) is 8.05. The van der Waals surface area contributed by atoms with Crippen LogP contribution in [0, 0.1) is 6.92 Å². The van der Waals surface area contributed by atoms with Crippen molar-refractivity contribution in [1.82, 2.24) is 20.0 Å². The second-order valence-corrected chi connectivity index (χ2v) is 8.05. The number of benzene rings is 1. The lowest BCUT2D eigenvalue weighted by Gasteiger charge is -2.36. The van der Waals surface area contributed by atoms with Gasteiger partial charge in [-0.1, -0.05) is 18.2 Å². The number of likely N-dealkylation sites (tertiary alicyclic amines) is 1. The largest absolute Gasteiger partial charge is 0.493 e. The molecular formula is C23H38IN5O2. The minimum Gasteiger partial charge on any atom is -0.493 e. The van der Waals surface area contributed by atoms with Gasteiger partial charge in [-0.25, -0.2) is 0 Å². The molecule has 0 unspecified atom stereocenters. The van der Waals surface area contributed by atoms with Gasteiger partial charge < -0.3 is 19.9 Å². The molecule has 1 aromatic carbocycles. The van der Waals surface area contributed by atoms with Crippen molar-refractivity contribution in [3.63, 3.8) is 0 Å². The van der Waals surface area contributed by atoms with Gasteiger partial charge in [-0.05, 0) is 38.3 Å². The number of aryl methyl sites for hydroxylation is 1. The third-order valence-corrected chi connectivity index (χ3v) is 5.74. The summed E-state index contributed by atoms with van der Waals surface area (Å²) in [5.41, 5.74) is 1.16. The van der Waals surface area contributed by atoms with Crippen LogP contribution < -0.4 is 10.1 Å². The first-order valence-corrected chi connectivity index (χ1v) is 11.4. The van der Waals surface area contributed by atoms with Gasteiger partial charge in [-0.2, -0.15) is 0 Å². The summed E-state index contributed by atoms with van der Waals surface area (Å²) >= 11 is 0. The van der Waals surface area contributed by atoms with Gasteiger partial charge >= 0.3 is 0 Å². The number of rotatable bonds is 8. The number of guanidine groups is 1. The molecule has 1 amide bonds. The van der Waals surface area contributed by atoms with Crippen molar-refractivity contribution in [1.29, 1.82) is 0 Å². The number of hydrogen-bond donors (Lipinski definition) is 1. The highest BCUT2D eigenvalue weighted by atomic mass is 127. The average Bonchev–Trinajstić information content (AvgIpc) is 3.30. The number of ether oxygens (including phenoxy) is 1. The van der Waals surface area contributed by atoms with Crippen LogP contribution in [0.5, 0.6) is 5.75 Å². The molecule has 8 heteroatoms. The zero-order valence-electron chi connectivity index (χ0n) is 19.0. The Hall–Kier alpha value is -1.55. The lowest BCUT2D eigenvalue weighted by Crippen LogP contribution is -2.54. The van der Waals surface area contributed by atoms with Crippen LogP contribution in [0.2, 0.25) is 0 Å². The van der Waals surface area contributed by atoms with Crippen LogP contribution in [0.1, 0.15) is 31.7 Å². The standard InChI is InChI=1S/C23H37N5O2.HI/c1-3-24-23(25-11-8-18-30-21-10-5-4-9-20(21)2)28-16-14-26(15-17-28)19-22(29)27-12-6-7-13-27;/h4-5,9-10H,3,6-8,11-19H2,1-2H3,(H,24,25);1H. The molecule has 31 heavy (non-hydrogen) atoms. The maximum atomic E-state index is 12.4. The SMILES string of the molecule is CCNC(=NCCCOc1ccccc1C)N1CCN(CC(=O)N2CCCC2)CC1.I. The van der Waals surface area contributed by atoms with Gasteiger partial charge in [-0.15, -0.1) is 24.0 Å². The molecule has 0 atom stereocenters. The van der Waals surface area contributed by atoms with E-state index in [4.69, 9.17) is 9.73 Å². The minimum atomic E-state index is 0. The van der Waals surface area contributed by atoms with Crippen molar-refractivity contribution in [2.75, 3.05) is 65.5 Å². The molecule has 3 rings (SSSR count). The number of piperazine rings is 1. The predicted molar refractivity (Wildman–Crippen MR) is 137 cm³/mol. The quantitative estimate of drug-likeness (QED) is 0.237. The van der Waals surface area contributed by atoms with E-state index in [1.165, 1.54) is 0 Å². The van der Waals surface area contributed by atoms with Crippen molar-refractivity contribution >= 4 is 35.8 Å². The molecule has 0 radical (unpaired) electrons. The number of aliphatic imine (C=N–C) groups is 1. The highest BCUT2D eigenvalue weighted by Crippen LogP contribution is 2.16. The Balaban J connectivity index is 0.00000341. The van der Waals surface area contributed by atoms with Crippen LogP contribution in [-0.2, 0) is 4.79 Å². The molecule has 2 heterocycles. The van der Waals surface area contributed by atoms with Crippen molar-refractivity contribution in [2.45, 2.75) is 33.1 Å². The summed E-state index contributed by atoms with van der Waals surface area (Å²) in [5, 5.41) is 3.41. The van der Waals surface area contributed by atoms with Crippen molar-refractivity contribution in [3.05, 3.63) is 29.8 Å². The lowest BCUT2D eigenvalue weighted by molar-refractivity contribution is -0.131. The predicted octanol–water partition coefficient (Wildman–Crippen LogP) is 2.59. The van der Waals surface area contributed by atoms with E-state index in [-0.39, 0.29) is 29.9 Å². The van der Waals surface area contributed by atoms with Gasteiger partial charge in [0.15, 0.2) is 5.96 Å². The maximum Gasteiger partial charge on any atom is 0.236 e. The van der Waals surface area contributed by atoms with Gasteiger partial charge in [0.25, 0.3) is 0 Å². The first-order chi connectivity index (χ1) is 14.7. The first-order valence-electron chi connectivity index (χ1n) is 11.4. The van der Waals surface area contributed by atoms with Gasteiger partial charge in [0.2, 0.25) is 5.91 Å². The Labute approximate surface area is 204 Å². The number of halogens is 1. The molecule has 7 nitrogen and oxygen atoms in total. The summed E-state index contributed by atoms with van der Waals surface area (Å²) in [6.45, 7) is 12.5. The fourth-order valence-electron chi connectivity index (χ4n) is 3.95. The summed E-state index contributed by atoms with van der Waals surface area (Å²) in [5.74, 6) is 2.21. The number of amides is 1. The van der Waals surface area contributed by atoms with Crippen LogP contribution in [0.3, 0.4) is 0 Å². The van der Waals surface area contributed by atoms with E-state index in [1.54, 1.807) is 0 Å². The third-order valence-electron chi connectivity index (χ3n) is 5.74. The molecule has 0 aromatic heterocycles. The topological polar surface area (TPSA) is 60.4 Å². The summed E-state index contributed by atoms with van der Waals surface area (Å²) < 4.78 is 5.87. The third kappa shape index (κ3) is 8.14. The fourth-order valence-corrected chi connectivity index (χ4v) is 3.95. The molecule has 0 spiro atoms. The number of para-hydroxylation sites is 1. The zero-order chi connectivity index (χ0) is 21.2. The molecule has 2 aliphatic heterocycles. The van der Waals surface area contributed by atoms with Crippen LogP contribution in [0.15, 0.2) is 29.3 Å². The molecule has 0 aliphatic carbocycles. The summed E-state index contributed by atoms with van der Waals surface area (Å²) in [4.78, 5) is 23.8. The van der Waals surface area contributed by atoms with Gasteiger partial charge in [0.1, 0.15) is 5.75 Å². The summed E-state index contributed by atoms with van der Waals surface area (Å²) in [7, 11) is 0. The Morgan fingerprint density at radius 1 is 1.06 bits per heavy atom. The highest BCUT2D eigenvalue weighted by Gasteiger charge is 2.24. The molecule has 2 aliphatic rings. The van der Waals surface area contributed by atoms with E-state index < -0.39 is 0 Å². The van der Waals surface area contributed by atoms with E-state index in [1.807, 2.05) is 23.1 Å². The summed E-state index contributed by atoms with van der Waals surface area (Å²) in [6.07, 6.45) is 3.18. The van der Waals surface area contributed by atoms with Crippen LogP contribution >= 0.6 is 24.0 Å². The maximum absolute atomic E-state index is 12.4. The van der Waals surface area contributed by atoms with E-state index in [0.717, 1.165) is 88.9 Å². The van der Waals surface area contributed by atoms with E-state index >= 15 is 0 Å². The van der Waals surface area contributed by atoms with E-state index in [9.17, 15) is 4.79 Å². The minimum absolute atomic E-state index is 0.